The molecule has 3 heterocycles. The van der Waals surface area contributed by atoms with Gasteiger partial charge in [-0.1, -0.05) is 0 Å². The smallest absolute Gasteiger partial charge is 0.178 e. The van der Waals surface area contributed by atoms with E-state index in [2.05, 4.69) is 22.0 Å². The lowest BCUT2D eigenvalue weighted by Gasteiger charge is -2.21. The summed E-state index contributed by atoms with van der Waals surface area (Å²) in [4.78, 5) is 2.21. The van der Waals surface area contributed by atoms with Gasteiger partial charge < -0.3 is 9.32 Å². The first-order chi connectivity index (χ1) is 10.3. The van der Waals surface area contributed by atoms with Crippen molar-refractivity contribution in [3.05, 3.63) is 42.1 Å². The quantitative estimate of drug-likeness (QED) is 0.720. The Balaban J connectivity index is 1.69. The van der Waals surface area contributed by atoms with Gasteiger partial charge in [-0.3, -0.25) is 0 Å². The summed E-state index contributed by atoms with van der Waals surface area (Å²) in [6, 6.07) is 5.97. The highest BCUT2D eigenvalue weighted by Gasteiger charge is 2.29. The van der Waals surface area contributed by atoms with Gasteiger partial charge in [-0.2, -0.15) is 4.52 Å². The Labute approximate surface area is 122 Å². The summed E-state index contributed by atoms with van der Waals surface area (Å²) in [6.07, 6.45) is 5.86. The van der Waals surface area contributed by atoms with Crippen LogP contribution in [0.4, 0.5) is 5.82 Å². The maximum atomic E-state index is 5.14. The molecule has 21 heavy (non-hydrogen) atoms. The topological polar surface area (TPSA) is 59.5 Å². The molecule has 6 heteroatoms. The number of furan rings is 1. The Morgan fingerprint density at radius 2 is 2.19 bits per heavy atom. The minimum atomic E-state index is 0.534. The van der Waals surface area contributed by atoms with Crippen molar-refractivity contribution >= 4 is 11.5 Å². The average molecular weight is 283 g/mol. The second-order valence-corrected chi connectivity index (χ2v) is 5.44. The Hall–Kier alpha value is -2.37. The number of hydrogen-bond acceptors (Lipinski definition) is 5. The summed E-state index contributed by atoms with van der Waals surface area (Å²) in [5.74, 6) is 2.46. The summed E-state index contributed by atoms with van der Waals surface area (Å²) in [5.41, 5.74) is 1.96. The zero-order chi connectivity index (χ0) is 14.2. The number of aromatic nitrogens is 4. The molecule has 6 nitrogen and oxygen atoms in total. The van der Waals surface area contributed by atoms with Gasteiger partial charge in [0, 0.05) is 24.6 Å². The van der Waals surface area contributed by atoms with E-state index in [1.165, 1.54) is 12.8 Å². The van der Waals surface area contributed by atoms with Crippen LogP contribution in [-0.2, 0) is 6.54 Å². The van der Waals surface area contributed by atoms with Crippen LogP contribution in [0.3, 0.4) is 0 Å². The van der Waals surface area contributed by atoms with E-state index in [1.54, 1.807) is 12.5 Å². The van der Waals surface area contributed by atoms with Crippen LogP contribution >= 0.6 is 0 Å². The largest absolute Gasteiger partial charge is 0.472 e. The van der Waals surface area contributed by atoms with Gasteiger partial charge in [0.15, 0.2) is 11.5 Å². The molecule has 0 unspecified atom stereocenters. The monoisotopic (exact) mass is 283 g/mol. The van der Waals surface area contributed by atoms with E-state index in [4.69, 9.17) is 9.52 Å². The third-order valence-corrected chi connectivity index (χ3v) is 3.87. The van der Waals surface area contributed by atoms with E-state index in [9.17, 15) is 0 Å². The number of anilines is 1. The van der Waals surface area contributed by atoms with Crippen molar-refractivity contribution in [1.29, 1.82) is 0 Å². The highest BCUT2D eigenvalue weighted by atomic mass is 16.3. The molecule has 1 aliphatic rings. The van der Waals surface area contributed by atoms with Crippen molar-refractivity contribution in [2.75, 3.05) is 11.4 Å². The fourth-order valence-electron chi connectivity index (χ4n) is 2.52. The second kappa shape index (κ2) is 4.87. The summed E-state index contributed by atoms with van der Waals surface area (Å²) in [5, 5.41) is 13.2. The van der Waals surface area contributed by atoms with Crippen molar-refractivity contribution in [3.63, 3.8) is 0 Å². The van der Waals surface area contributed by atoms with Crippen molar-refractivity contribution in [2.24, 2.45) is 0 Å². The van der Waals surface area contributed by atoms with Gasteiger partial charge in [0.1, 0.15) is 5.82 Å². The van der Waals surface area contributed by atoms with Gasteiger partial charge in [0.05, 0.1) is 12.5 Å². The number of nitrogens with zero attached hydrogens (tertiary/aromatic N) is 5. The molecule has 0 saturated heterocycles. The minimum absolute atomic E-state index is 0.534. The lowest BCUT2D eigenvalue weighted by molar-refractivity contribution is 0.563. The molecule has 3 aromatic rings. The Kier molecular flexibility index (Phi) is 2.87. The Bertz CT molecular complexity index is 745. The normalized spacial score (nSPS) is 14.7. The highest BCUT2D eigenvalue weighted by molar-refractivity contribution is 5.46. The summed E-state index contributed by atoms with van der Waals surface area (Å²) >= 11 is 0. The highest BCUT2D eigenvalue weighted by Crippen LogP contribution is 2.38. The predicted octanol–water partition coefficient (Wildman–Crippen LogP) is 2.62. The predicted molar refractivity (Wildman–Crippen MR) is 78.2 cm³/mol. The average Bonchev–Trinajstić information content (AvgIpc) is 3.07. The molecule has 1 fully saturated rings. The molecule has 4 rings (SSSR count). The maximum absolute atomic E-state index is 5.14. The van der Waals surface area contributed by atoms with Crippen molar-refractivity contribution in [2.45, 2.75) is 32.2 Å². The molecule has 108 valence electrons. The number of rotatable bonds is 5. The summed E-state index contributed by atoms with van der Waals surface area (Å²) in [7, 11) is 0. The van der Waals surface area contributed by atoms with Crippen LogP contribution in [0.15, 0.2) is 35.1 Å². The van der Waals surface area contributed by atoms with Crippen LogP contribution < -0.4 is 4.90 Å². The van der Waals surface area contributed by atoms with E-state index < -0.39 is 0 Å². The van der Waals surface area contributed by atoms with Crippen LogP contribution in [0, 0.1) is 0 Å². The molecule has 0 radical (unpaired) electrons. The van der Waals surface area contributed by atoms with Crippen molar-refractivity contribution < 1.29 is 4.42 Å². The zero-order valence-corrected chi connectivity index (χ0v) is 11.9. The van der Waals surface area contributed by atoms with Gasteiger partial charge in [-0.15, -0.1) is 15.3 Å². The zero-order valence-electron chi connectivity index (χ0n) is 11.9. The van der Waals surface area contributed by atoms with Gasteiger partial charge in [0.25, 0.3) is 0 Å². The molecule has 3 aromatic heterocycles. The third-order valence-electron chi connectivity index (χ3n) is 3.87. The molecule has 0 bridgehead atoms. The lowest BCUT2D eigenvalue weighted by Crippen LogP contribution is -2.23. The molecule has 1 saturated carbocycles. The lowest BCUT2D eigenvalue weighted by atomic mass is 10.3. The van der Waals surface area contributed by atoms with Crippen molar-refractivity contribution in [1.82, 2.24) is 19.8 Å². The molecule has 0 N–H and O–H groups in total. The van der Waals surface area contributed by atoms with E-state index in [0.29, 0.717) is 5.92 Å². The molecule has 0 aliphatic heterocycles. The second-order valence-electron chi connectivity index (χ2n) is 5.44. The molecular formula is C15H17N5O. The van der Waals surface area contributed by atoms with Gasteiger partial charge in [-0.25, -0.2) is 0 Å². The van der Waals surface area contributed by atoms with E-state index >= 15 is 0 Å². The van der Waals surface area contributed by atoms with Crippen molar-refractivity contribution in [3.8, 4) is 0 Å². The molecule has 0 spiro atoms. The van der Waals surface area contributed by atoms with E-state index in [0.717, 1.165) is 35.9 Å². The van der Waals surface area contributed by atoms with Gasteiger partial charge in [-0.05, 0) is 38.0 Å². The molecule has 0 atom stereocenters. The molecule has 1 aliphatic carbocycles. The maximum Gasteiger partial charge on any atom is 0.178 e. The van der Waals surface area contributed by atoms with Gasteiger partial charge in [0.2, 0.25) is 0 Å². The standard InChI is InChI=1S/C15H17N5O/c1-2-19(9-11-7-8-21-10-11)14-6-5-13-16-17-15(12-3-4-12)20(13)18-14/h5-8,10,12H,2-4,9H2,1H3. The van der Waals surface area contributed by atoms with E-state index in [-0.39, 0.29) is 0 Å². The van der Waals surface area contributed by atoms with Crippen LogP contribution in [0.5, 0.6) is 0 Å². The number of hydrogen-bond donors (Lipinski definition) is 0. The molecule has 0 aromatic carbocycles. The third kappa shape index (κ3) is 2.26. The van der Waals surface area contributed by atoms with Gasteiger partial charge >= 0.3 is 0 Å². The van der Waals surface area contributed by atoms with Crippen LogP contribution in [0.2, 0.25) is 0 Å². The van der Waals surface area contributed by atoms with Crippen LogP contribution in [0.1, 0.15) is 37.1 Å². The summed E-state index contributed by atoms with van der Waals surface area (Å²) in [6.45, 7) is 3.79. The minimum Gasteiger partial charge on any atom is -0.472 e. The van der Waals surface area contributed by atoms with Crippen LogP contribution in [0.25, 0.3) is 5.65 Å². The fourth-order valence-corrected chi connectivity index (χ4v) is 2.52. The fraction of sp³-hybridized carbons (Fsp3) is 0.400. The first kappa shape index (κ1) is 12.4. The number of fused-ring (bicyclic) bond motifs is 1. The Morgan fingerprint density at radius 1 is 1.29 bits per heavy atom. The first-order valence-electron chi connectivity index (χ1n) is 7.33. The summed E-state index contributed by atoms with van der Waals surface area (Å²) < 4.78 is 7.03. The Morgan fingerprint density at radius 3 is 2.90 bits per heavy atom. The first-order valence-corrected chi connectivity index (χ1v) is 7.33. The molecule has 0 amide bonds. The molecular weight excluding hydrogens is 266 g/mol. The van der Waals surface area contributed by atoms with E-state index in [1.807, 2.05) is 22.7 Å². The SMILES string of the molecule is CCN(Cc1ccoc1)c1ccc2nnc(C3CC3)n2n1. The van der Waals surface area contributed by atoms with Crippen LogP contribution in [-0.4, -0.2) is 26.4 Å².